The Labute approximate surface area is 84.6 Å². The molecule has 1 rings (SSSR count). The summed E-state index contributed by atoms with van der Waals surface area (Å²) in [7, 11) is 1.38. The highest BCUT2D eigenvalue weighted by Gasteiger charge is 2.20. The number of alkyl carbamates (subject to hydrolysis) is 1. The van der Waals surface area contributed by atoms with E-state index in [1.165, 1.54) is 7.11 Å². The van der Waals surface area contributed by atoms with Crippen LogP contribution < -0.4 is 11.1 Å². The van der Waals surface area contributed by atoms with Gasteiger partial charge < -0.3 is 20.7 Å². The minimum absolute atomic E-state index is 0.211. The van der Waals surface area contributed by atoms with Crippen LogP contribution in [0.3, 0.4) is 0 Å². The van der Waals surface area contributed by atoms with Gasteiger partial charge in [0.15, 0.2) is 0 Å². The van der Waals surface area contributed by atoms with E-state index >= 15 is 0 Å². The van der Waals surface area contributed by atoms with Crippen LogP contribution in [0.1, 0.15) is 12.8 Å². The molecule has 0 saturated carbocycles. The molecule has 5 heteroatoms. The molecule has 1 atom stereocenters. The van der Waals surface area contributed by atoms with Gasteiger partial charge in [0.2, 0.25) is 0 Å². The third-order valence-electron chi connectivity index (χ3n) is 2.46. The molecule has 1 heterocycles. The van der Waals surface area contributed by atoms with Gasteiger partial charge in [-0.05, 0) is 19.4 Å². The zero-order valence-corrected chi connectivity index (χ0v) is 8.66. The van der Waals surface area contributed by atoms with Crippen LogP contribution in [0.4, 0.5) is 4.79 Å². The summed E-state index contributed by atoms with van der Waals surface area (Å²) in [6.45, 7) is 3.53. The fraction of sp³-hybridized carbons (Fsp3) is 0.889. The Morgan fingerprint density at radius 3 is 3.14 bits per heavy atom. The van der Waals surface area contributed by atoms with E-state index in [9.17, 15) is 4.79 Å². The van der Waals surface area contributed by atoms with Crippen LogP contribution in [-0.2, 0) is 4.74 Å². The second kappa shape index (κ2) is 5.82. The second-order valence-electron chi connectivity index (χ2n) is 3.56. The summed E-state index contributed by atoms with van der Waals surface area (Å²) in [5.74, 6) is 0. The van der Waals surface area contributed by atoms with Crippen molar-refractivity contribution in [1.29, 1.82) is 0 Å². The summed E-state index contributed by atoms with van der Waals surface area (Å²) < 4.78 is 4.55. The molecule has 0 aromatic rings. The van der Waals surface area contributed by atoms with Crippen LogP contribution in [0.15, 0.2) is 0 Å². The molecule has 0 radical (unpaired) electrons. The maximum atomic E-state index is 11.0. The first kappa shape index (κ1) is 11.3. The fourth-order valence-electron chi connectivity index (χ4n) is 1.78. The van der Waals surface area contributed by atoms with Crippen LogP contribution in [0.5, 0.6) is 0 Å². The predicted molar refractivity (Wildman–Crippen MR) is 54.1 cm³/mol. The molecule has 3 N–H and O–H groups in total. The van der Waals surface area contributed by atoms with Gasteiger partial charge in [-0.2, -0.15) is 0 Å². The summed E-state index contributed by atoms with van der Waals surface area (Å²) in [6.07, 6.45) is 1.79. The number of hydrogen-bond acceptors (Lipinski definition) is 4. The molecule has 0 bridgehead atoms. The standard InChI is InChI=1S/C9H19N3O2/c1-14-9(13)11-8-3-2-5-12(7-8)6-4-10/h8H,2-7,10H2,1H3,(H,11,13). The summed E-state index contributed by atoms with van der Waals surface area (Å²) in [5.41, 5.74) is 5.48. The molecule has 14 heavy (non-hydrogen) atoms. The second-order valence-corrected chi connectivity index (χ2v) is 3.56. The largest absolute Gasteiger partial charge is 0.453 e. The minimum atomic E-state index is -0.343. The van der Waals surface area contributed by atoms with Crippen LogP contribution >= 0.6 is 0 Å². The number of ether oxygens (including phenoxy) is 1. The van der Waals surface area contributed by atoms with Crippen molar-refractivity contribution in [3.63, 3.8) is 0 Å². The van der Waals surface area contributed by atoms with Gasteiger partial charge in [0.05, 0.1) is 7.11 Å². The van der Waals surface area contributed by atoms with Crippen LogP contribution in [-0.4, -0.2) is 50.3 Å². The number of rotatable bonds is 3. The molecule has 1 fully saturated rings. The summed E-state index contributed by atoms with van der Waals surface area (Å²) >= 11 is 0. The Bertz CT molecular complexity index is 185. The Kier molecular flexibility index (Phi) is 4.69. The van der Waals surface area contributed by atoms with Crippen molar-refractivity contribution in [1.82, 2.24) is 10.2 Å². The van der Waals surface area contributed by atoms with E-state index in [0.717, 1.165) is 32.5 Å². The number of methoxy groups -OCH3 is 1. The van der Waals surface area contributed by atoms with Crippen molar-refractivity contribution in [3.8, 4) is 0 Å². The first-order valence-corrected chi connectivity index (χ1v) is 5.03. The maximum absolute atomic E-state index is 11.0. The number of amides is 1. The number of piperidine rings is 1. The zero-order chi connectivity index (χ0) is 10.4. The van der Waals surface area contributed by atoms with Gasteiger partial charge in [0, 0.05) is 25.7 Å². The van der Waals surface area contributed by atoms with E-state index in [1.54, 1.807) is 0 Å². The molecule has 1 amide bonds. The summed E-state index contributed by atoms with van der Waals surface area (Å²) in [5, 5.41) is 2.81. The first-order valence-electron chi connectivity index (χ1n) is 5.03. The lowest BCUT2D eigenvalue weighted by atomic mass is 10.1. The molecule has 5 nitrogen and oxygen atoms in total. The van der Waals surface area contributed by atoms with E-state index < -0.39 is 0 Å². The number of carbonyl (C=O) groups excluding carboxylic acids is 1. The van der Waals surface area contributed by atoms with Gasteiger partial charge in [-0.25, -0.2) is 4.79 Å². The summed E-state index contributed by atoms with van der Waals surface area (Å²) in [4.78, 5) is 13.2. The number of hydrogen-bond donors (Lipinski definition) is 2. The highest BCUT2D eigenvalue weighted by molar-refractivity contribution is 5.67. The number of carbonyl (C=O) groups is 1. The van der Waals surface area contributed by atoms with Crippen LogP contribution in [0, 0.1) is 0 Å². The maximum Gasteiger partial charge on any atom is 0.407 e. The minimum Gasteiger partial charge on any atom is -0.453 e. The molecule has 1 aliphatic rings. The Balaban J connectivity index is 2.28. The van der Waals surface area contributed by atoms with Crippen molar-refractivity contribution in [2.45, 2.75) is 18.9 Å². The van der Waals surface area contributed by atoms with E-state index in [1.807, 2.05) is 0 Å². The Hall–Kier alpha value is -0.810. The van der Waals surface area contributed by atoms with Crippen molar-refractivity contribution in [2.24, 2.45) is 5.73 Å². The lowest BCUT2D eigenvalue weighted by Crippen LogP contribution is -2.48. The smallest absolute Gasteiger partial charge is 0.407 e. The van der Waals surface area contributed by atoms with E-state index in [0.29, 0.717) is 6.54 Å². The third kappa shape index (κ3) is 3.51. The highest BCUT2D eigenvalue weighted by Crippen LogP contribution is 2.09. The predicted octanol–water partition coefficient (Wildman–Crippen LogP) is -0.234. The van der Waals surface area contributed by atoms with Crippen molar-refractivity contribution in [2.75, 3.05) is 33.3 Å². The van der Waals surface area contributed by atoms with E-state index in [2.05, 4.69) is 15.0 Å². The lowest BCUT2D eigenvalue weighted by molar-refractivity contribution is 0.149. The van der Waals surface area contributed by atoms with Gasteiger partial charge in [-0.15, -0.1) is 0 Å². The fourth-order valence-corrected chi connectivity index (χ4v) is 1.78. The molecule has 0 aromatic carbocycles. The molecule has 0 aromatic heterocycles. The quantitative estimate of drug-likeness (QED) is 0.661. The third-order valence-corrected chi connectivity index (χ3v) is 2.46. The monoisotopic (exact) mass is 201 g/mol. The molecule has 1 saturated heterocycles. The van der Waals surface area contributed by atoms with Gasteiger partial charge in [-0.1, -0.05) is 0 Å². The van der Waals surface area contributed by atoms with Crippen LogP contribution in [0.2, 0.25) is 0 Å². The normalized spacial score (nSPS) is 23.1. The average molecular weight is 201 g/mol. The summed E-state index contributed by atoms with van der Waals surface area (Å²) in [6, 6.07) is 0.211. The molecule has 1 aliphatic heterocycles. The number of nitrogens with two attached hydrogens (primary N) is 1. The topological polar surface area (TPSA) is 67.6 Å². The Morgan fingerprint density at radius 1 is 1.71 bits per heavy atom. The van der Waals surface area contributed by atoms with Gasteiger partial charge in [0.25, 0.3) is 0 Å². The molecular formula is C9H19N3O2. The van der Waals surface area contributed by atoms with Crippen molar-refractivity contribution >= 4 is 6.09 Å². The molecule has 82 valence electrons. The number of nitrogens with one attached hydrogen (secondary N) is 1. The van der Waals surface area contributed by atoms with Crippen molar-refractivity contribution in [3.05, 3.63) is 0 Å². The van der Waals surface area contributed by atoms with Gasteiger partial charge in [-0.3, -0.25) is 0 Å². The first-order chi connectivity index (χ1) is 6.76. The number of likely N-dealkylation sites (tertiary alicyclic amines) is 1. The van der Waals surface area contributed by atoms with E-state index in [-0.39, 0.29) is 12.1 Å². The molecular weight excluding hydrogens is 182 g/mol. The Morgan fingerprint density at radius 2 is 2.50 bits per heavy atom. The van der Waals surface area contributed by atoms with Crippen molar-refractivity contribution < 1.29 is 9.53 Å². The highest BCUT2D eigenvalue weighted by atomic mass is 16.5. The lowest BCUT2D eigenvalue weighted by Gasteiger charge is -2.32. The molecule has 1 unspecified atom stereocenters. The number of nitrogens with zero attached hydrogens (tertiary/aromatic N) is 1. The molecule has 0 aliphatic carbocycles. The average Bonchev–Trinajstić information content (AvgIpc) is 2.19. The SMILES string of the molecule is COC(=O)NC1CCCN(CCN)C1. The van der Waals surface area contributed by atoms with Gasteiger partial charge >= 0.3 is 6.09 Å². The van der Waals surface area contributed by atoms with Gasteiger partial charge in [0.1, 0.15) is 0 Å². The van der Waals surface area contributed by atoms with Crippen LogP contribution in [0.25, 0.3) is 0 Å². The molecule has 0 spiro atoms. The van der Waals surface area contributed by atoms with E-state index in [4.69, 9.17) is 5.73 Å². The zero-order valence-electron chi connectivity index (χ0n) is 8.66.